The van der Waals surface area contributed by atoms with Gasteiger partial charge in [0.25, 0.3) is 5.91 Å². The lowest BCUT2D eigenvalue weighted by Gasteiger charge is -2.57. The largest absolute Gasteiger partial charge is 0.356 e. The minimum absolute atomic E-state index is 0.116. The molecule has 2 amide bonds. The fourth-order valence-electron chi connectivity index (χ4n) is 6.31. The Balaban J connectivity index is 1.45. The number of pyridine rings is 1. The number of rotatable bonds is 8. The molecule has 3 aliphatic rings. The highest BCUT2D eigenvalue weighted by Gasteiger charge is 2.49. The monoisotopic (exact) mass is 440 g/mol. The third-order valence-corrected chi connectivity index (χ3v) is 7.79. The number of nitrogens with zero attached hydrogens (tertiary/aromatic N) is 3. The summed E-state index contributed by atoms with van der Waals surface area (Å²) in [6.07, 6.45) is 11.6. The second-order valence-electron chi connectivity index (χ2n) is 10.4. The van der Waals surface area contributed by atoms with Gasteiger partial charge in [0.15, 0.2) is 0 Å². The number of likely N-dealkylation sites (tertiary alicyclic amines) is 1. The molecule has 1 N–H and O–H groups in total. The first-order valence-electron chi connectivity index (χ1n) is 12.8. The molecular weight excluding hydrogens is 400 g/mol. The molecule has 3 saturated heterocycles. The summed E-state index contributed by atoms with van der Waals surface area (Å²) in [6, 6.07) is 4.56. The molecule has 0 saturated carbocycles. The molecule has 0 radical (unpaired) electrons. The Morgan fingerprint density at radius 1 is 1.22 bits per heavy atom. The standard InChI is InChI=1S/C26H40N4O2/c1-19(2)12-14-28-24(31)11-3-10-23-22-9-6-16-29-15-5-8-21(25(22)29)18-30(23)26(32)20-7-4-13-27-17-20/h4,7,13,17,19,21-23,25H,3,5-6,8-12,14-16,18H2,1-2H3,(H,28,31)/t21-,22+,23+,25-/m0/s1. The van der Waals surface area contributed by atoms with Gasteiger partial charge in [-0.05, 0) is 87.9 Å². The lowest BCUT2D eigenvalue weighted by atomic mass is 9.69. The molecule has 176 valence electrons. The van der Waals surface area contributed by atoms with Gasteiger partial charge in [0, 0.05) is 44.0 Å². The van der Waals surface area contributed by atoms with Crippen LogP contribution in [-0.4, -0.2) is 64.9 Å². The molecule has 3 fully saturated rings. The summed E-state index contributed by atoms with van der Waals surface area (Å²) >= 11 is 0. The van der Waals surface area contributed by atoms with Crippen molar-refractivity contribution in [2.45, 2.75) is 77.3 Å². The van der Waals surface area contributed by atoms with Gasteiger partial charge in [-0.2, -0.15) is 0 Å². The van der Waals surface area contributed by atoms with Gasteiger partial charge in [0.2, 0.25) is 5.91 Å². The van der Waals surface area contributed by atoms with Crippen LogP contribution in [0.4, 0.5) is 0 Å². The Morgan fingerprint density at radius 2 is 2.03 bits per heavy atom. The number of hydrogen-bond donors (Lipinski definition) is 1. The van der Waals surface area contributed by atoms with Gasteiger partial charge in [-0.15, -0.1) is 0 Å². The van der Waals surface area contributed by atoms with Crippen LogP contribution in [0.25, 0.3) is 0 Å². The smallest absolute Gasteiger partial charge is 0.255 e. The predicted molar refractivity (Wildman–Crippen MR) is 126 cm³/mol. The molecule has 0 unspecified atom stereocenters. The van der Waals surface area contributed by atoms with Gasteiger partial charge in [0.1, 0.15) is 0 Å². The summed E-state index contributed by atoms with van der Waals surface area (Å²) in [5.41, 5.74) is 0.686. The van der Waals surface area contributed by atoms with E-state index < -0.39 is 0 Å². The van der Waals surface area contributed by atoms with Gasteiger partial charge in [-0.1, -0.05) is 13.8 Å². The molecule has 1 aromatic heterocycles. The summed E-state index contributed by atoms with van der Waals surface area (Å²) in [7, 11) is 0. The van der Waals surface area contributed by atoms with E-state index in [2.05, 4.69) is 33.9 Å². The minimum atomic E-state index is 0.116. The van der Waals surface area contributed by atoms with Gasteiger partial charge >= 0.3 is 0 Å². The van der Waals surface area contributed by atoms with Gasteiger partial charge in [-0.25, -0.2) is 0 Å². The minimum Gasteiger partial charge on any atom is -0.356 e. The summed E-state index contributed by atoms with van der Waals surface area (Å²) in [6.45, 7) is 8.37. The zero-order valence-electron chi connectivity index (χ0n) is 19.8. The van der Waals surface area contributed by atoms with E-state index >= 15 is 0 Å². The number of carbonyl (C=O) groups is 2. The Labute approximate surface area is 193 Å². The number of amides is 2. The van der Waals surface area contributed by atoms with Crippen molar-refractivity contribution in [1.29, 1.82) is 0 Å². The van der Waals surface area contributed by atoms with E-state index in [1.807, 2.05) is 12.1 Å². The number of carbonyl (C=O) groups excluding carboxylic acids is 2. The van der Waals surface area contributed by atoms with Crippen molar-refractivity contribution < 1.29 is 9.59 Å². The van der Waals surface area contributed by atoms with E-state index in [1.165, 1.54) is 38.8 Å². The Kier molecular flexibility index (Phi) is 7.82. The number of piperidine rings is 3. The van der Waals surface area contributed by atoms with Crippen LogP contribution in [-0.2, 0) is 4.79 Å². The highest BCUT2D eigenvalue weighted by molar-refractivity contribution is 5.94. The number of nitrogens with one attached hydrogen (secondary N) is 1. The Hall–Kier alpha value is -1.95. The molecule has 0 spiro atoms. The SMILES string of the molecule is CC(C)CCNC(=O)CCC[C@@H]1[C@H]2CCCN3CCC[C@@H](CN1C(=O)c1cccnc1)[C@@H]23. The average Bonchev–Trinajstić information content (AvgIpc) is 2.80. The molecule has 4 heterocycles. The highest BCUT2D eigenvalue weighted by Crippen LogP contribution is 2.43. The first-order valence-corrected chi connectivity index (χ1v) is 12.8. The van der Waals surface area contributed by atoms with E-state index in [0.717, 1.165) is 32.4 Å². The Bertz CT molecular complexity index is 766. The fraction of sp³-hybridized carbons (Fsp3) is 0.731. The molecule has 4 rings (SSSR count). The summed E-state index contributed by atoms with van der Waals surface area (Å²) < 4.78 is 0. The maximum Gasteiger partial charge on any atom is 0.255 e. The summed E-state index contributed by atoms with van der Waals surface area (Å²) in [4.78, 5) is 34.9. The average molecular weight is 441 g/mol. The summed E-state index contributed by atoms with van der Waals surface area (Å²) in [5.74, 6) is 1.96. The molecule has 0 aliphatic carbocycles. The van der Waals surface area contributed by atoms with Crippen molar-refractivity contribution in [2.75, 3.05) is 26.2 Å². The van der Waals surface area contributed by atoms with Gasteiger partial charge in [0.05, 0.1) is 5.56 Å². The van der Waals surface area contributed by atoms with E-state index in [4.69, 9.17) is 0 Å². The molecular formula is C26H40N4O2. The second kappa shape index (κ2) is 10.8. The number of hydrogen-bond acceptors (Lipinski definition) is 4. The van der Waals surface area contributed by atoms with Crippen LogP contribution in [0.3, 0.4) is 0 Å². The van der Waals surface area contributed by atoms with Gasteiger partial charge in [-0.3, -0.25) is 19.5 Å². The van der Waals surface area contributed by atoms with Crippen molar-refractivity contribution in [3.63, 3.8) is 0 Å². The van der Waals surface area contributed by atoms with Crippen molar-refractivity contribution >= 4 is 11.8 Å². The normalized spacial score (nSPS) is 27.8. The quantitative estimate of drug-likeness (QED) is 0.669. The number of aromatic nitrogens is 1. The third-order valence-electron chi connectivity index (χ3n) is 7.79. The Morgan fingerprint density at radius 3 is 2.78 bits per heavy atom. The molecule has 6 heteroatoms. The molecule has 4 atom stereocenters. The third kappa shape index (κ3) is 5.33. The molecule has 0 bridgehead atoms. The van der Waals surface area contributed by atoms with Crippen molar-refractivity contribution in [3.05, 3.63) is 30.1 Å². The van der Waals surface area contributed by atoms with Crippen molar-refractivity contribution in [1.82, 2.24) is 20.1 Å². The van der Waals surface area contributed by atoms with Gasteiger partial charge < -0.3 is 10.2 Å². The van der Waals surface area contributed by atoms with Crippen LogP contribution >= 0.6 is 0 Å². The maximum atomic E-state index is 13.5. The van der Waals surface area contributed by atoms with E-state index in [1.54, 1.807) is 12.4 Å². The van der Waals surface area contributed by atoms with Crippen LogP contribution in [0.2, 0.25) is 0 Å². The molecule has 3 aliphatic heterocycles. The molecule has 1 aromatic rings. The lowest BCUT2D eigenvalue weighted by Crippen LogP contribution is -2.65. The fourth-order valence-corrected chi connectivity index (χ4v) is 6.31. The van der Waals surface area contributed by atoms with Crippen LogP contribution in [0, 0.1) is 17.8 Å². The molecule has 6 nitrogen and oxygen atoms in total. The van der Waals surface area contributed by atoms with Crippen LogP contribution < -0.4 is 5.32 Å². The van der Waals surface area contributed by atoms with E-state index in [9.17, 15) is 9.59 Å². The first kappa shape index (κ1) is 23.2. The van der Waals surface area contributed by atoms with Crippen LogP contribution in [0.15, 0.2) is 24.5 Å². The van der Waals surface area contributed by atoms with Crippen molar-refractivity contribution in [2.24, 2.45) is 17.8 Å². The highest BCUT2D eigenvalue weighted by atomic mass is 16.2. The molecule has 0 aromatic carbocycles. The summed E-state index contributed by atoms with van der Waals surface area (Å²) in [5, 5.41) is 3.06. The molecule has 32 heavy (non-hydrogen) atoms. The second-order valence-corrected chi connectivity index (χ2v) is 10.4. The predicted octanol–water partition coefficient (Wildman–Crippen LogP) is 3.73. The topological polar surface area (TPSA) is 65.5 Å². The van der Waals surface area contributed by atoms with Crippen LogP contribution in [0.5, 0.6) is 0 Å². The van der Waals surface area contributed by atoms with E-state index in [-0.39, 0.29) is 17.9 Å². The maximum absolute atomic E-state index is 13.5. The lowest BCUT2D eigenvalue weighted by molar-refractivity contribution is -0.121. The zero-order valence-corrected chi connectivity index (χ0v) is 19.8. The first-order chi connectivity index (χ1) is 15.5. The zero-order chi connectivity index (χ0) is 22.5. The van der Waals surface area contributed by atoms with E-state index in [0.29, 0.717) is 35.8 Å². The van der Waals surface area contributed by atoms with Crippen LogP contribution in [0.1, 0.15) is 75.6 Å². The van der Waals surface area contributed by atoms with Crippen molar-refractivity contribution in [3.8, 4) is 0 Å².